The molecule has 0 radical (unpaired) electrons. The van der Waals surface area contributed by atoms with E-state index in [0.717, 1.165) is 17.7 Å². The second kappa shape index (κ2) is 6.82. The van der Waals surface area contributed by atoms with E-state index in [1.54, 1.807) is 6.20 Å². The zero-order chi connectivity index (χ0) is 14.4. The second-order valence-electron chi connectivity index (χ2n) is 4.70. The molecule has 104 valence electrons. The number of nitrogens with zero attached hydrogens (tertiary/aromatic N) is 2. The minimum absolute atomic E-state index is 0.625. The summed E-state index contributed by atoms with van der Waals surface area (Å²) in [4.78, 5) is 17.6. The Hall–Kier alpha value is -2.20. The maximum atomic E-state index is 11.5. The van der Waals surface area contributed by atoms with Crippen LogP contribution in [-0.2, 0) is 11.2 Å². The van der Waals surface area contributed by atoms with Crippen LogP contribution in [0.4, 0.5) is 0 Å². The Kier molecular flexibility index (Phi) is 4.85. The molecule has 0 aliphatic carbocycles. The third kappa shape index (κ3) is 3.65. The van der Waals surface area contributed by atoms with Gasteiger partial charge in [-0.2, -0.15) is 0 Å². The standard InChI is InChI=1S/C16H18N2O2/c1-18(12-10-14-9-5-6-11-17-14)15(16(19)20)13-7-3-2-4-8-13/h2-9,11,15H,10,12H2,1H3,(H,19,20). The molecule has 1 aromatic carbocycles. The van der Waals surface area contributed by atoms with Crippen LogP contribution in [0.5, 0.6) is 0 Å². The van der Waals surface area contributed by atoms with Crippen molar-refractivity contribution in [1.29, 1.82) is 0 Å². The fourth-order valence-electron chi connectivity index (χ4n) is 2.19. The Morgan fingerprint density at radius 3 is 2.50 bits per heavy atom. The molecule has 0 amide bonds. The van der Waals surface area contributed by atoms with Crippen molar-refractivity contribution in [3.63, 3.8) is 0 Å². The van der Waals surface area contributed by atoms with Crippen molar-refractivity contribution in [1.82, 2.24) is 9.88 Å². The van der Waals surface area contributed by atoms with Crippen molar-refractivity contribution in [2.24, 2.45) is 0 Å². The largest absolute Gasteiger partial charge is 0.480 e. The highest BCUT2D eigenvalue weighted by molar-refractivity contribution is 5.75. The van der Waals surface area contributed by atoms with Crippen LogP contribution in [0.2, 0.25) is 0 Å². The summed E-state index contributed by atoms with van der Waals surface area (Å²) >= 11 is 0. The monoisotopic (exact) mass is 270 g/mol. The molecule has 1 heterocycles. The fourth-order valence-corrected chi connectivity index (χ4v) is 2.19. The highest BCUT2D eigenvalue weighted by atomic mass is 16.4. The molecule has 4 nitrogen and oxygen atoms in total. The van der Waals surface area contributed by atoms with E-state index in [0.29, 0.717) is 6.54 Å². The van der Waals surface area contributed by atoms with Crippen LogP contribution in [0, 0.1) is 0 Å². The van der Waals surface area contributed by atoms with E-state index in [1.165, 1.54) is 0 Å². The summed E-state index contributed by atoms with van der Waals surface area (Å²) < 4.78 is 0. The average molecular weight is 270 g/mol. The summed E-state index contributed by atoms with van der Waals surface area (Å²) in [6.45, 7) is 0.642. The molecule has 0 bridgehead atoms. The Balaban J connectivity index is 2.05. The van der Waals surface area contributed by atoms with Crippen molar-refractivity contribution in [2.45, 2.75) is 12.5 Å². The van der Waals surface area contributed by atoms with Crippen LogP contribution in [0.3, 0.4) is 0 Å². The number of hydrogen-bond donors (Lipinski definition) is 1. The molecule has 0 spiro atoms. The number of likely N-dealkylation sites (N-methyl/N-ethyl adjacent to an activating group) is 1. The summed E-state index contributed by atoms with van der Waals surface area (Å²) in [5.41, 5.74) is 1.76. The van der Waals surface area contributed by atoms with Crippen LogP contribution < -0.4 is 0 Å². The first-order valence-electron chi connectivity index (χ1n) is 6.56. The van der Waals surface area contributed by atoms with Crippen molar-refractivity contribution in [3.05, 3.63) is 66.0 Å². The molecule has 1 aromatic heterocycles. The average Bonchev–Trinajstić information content (AvgIpc) is 2.47. The molecule has 1 atom stereocenters. The molecule has 2 aromatic rings. The van der Waals surface area contributed by atoms with E-state index >= 15 is 0 Å². The highest BCUT2D eigenvalue weighted by Gasteiger charge is 2.24. The van der Waals surface area contributed by atoms with E-state index in [4.69, 9.17) is 0 Å². The van der Waals surface area contributed by atoms with Gasteiger partial charge in [-0.3, -0.25) is 14.7 Å². The Morgan fingerprint density at radius 1 is 1.20 bits per heavy atom. The third-order valence-electron chi connectivity index (χ3n) is 3.24. The summed E-state index contributed by atoms with van der Waals surface area (Å²) in [5.74, 6) is -0.834. The first-order valence-corrected chi connectivity index (χ1v) is 6.56. The smallest absolute Gasteiger partial charge is 0.325 e. The lowest BCUT2D eigenvalue weighted by atomic mass is 10.1. The van der Waals surface area contributed by atoms with Crippen molar-refractivity contribution in [3.8, 4) is 0 Å². The molecular formula is C16H18N2O2. The number of rotatable bonds is 6. The number of hydrogen-bond acceptors (Lipinski definition) is 3. The number of benzene rings is 1. The van der Waals surface area contributed by atoms with E-state index in [2.05, 4.69) is 4.98 Å². The zero-order valence-corrected chi connectivity index (χ0v) is 11.4. The minimum atomic E-state index is -0.834. The number of carboxylic acids is 1. The van der Waals surface area contributed by atoms with Crippen molar-refractivity contribution >= 4 is 5.97 Å². The molecule has 0 aliphatic heterocycles. The molecule has 0 aliphatic rings. The SMILES string of the molecule is CN(CCc1ccccn1)C(C(=O)O)c1ccccc1. The molecule has 1 unspecified atom stereocenters. The summed E-state index contributed by atoms with van der Waals surface area (Å²) in [7, 11) is 1.83. The summed E-state index contributed by atoms with van der Waals surface area (Å²) in [6.07, 6.45) is 2.48. The maximum absolute atomic E-state index is 11.5. The van der Waals surface area contributed by atoms with Gasteiger partial charge in [0.05, 0.1) is 0 Å². The fraction of sp³-hybridized carbons (Fsp3) is 0.250. The Bertz CT molecular complexity index is 543. The van der Waals surface area contributed by atoms with Crippen LogP contribution >= 0.6 is 0 Å². The third-order valence-corrected chi connectivity index (χ3v) is 3.24. The van der Waals surface area contributed by atoms with Crippen LogP contribution in [0.1, 0.15) is 17.3 Å². The number of aromatic nitrogens is 1. The van der Waals surface area contributed by atoms with E-state index in [-0.39, 0.29) is 0 Å². The van der Waals surface area contributed by atoms with Gasteiger partial charge in [0.1, 0.15) is 6.04 Å². The second-order valence-corrected chi connectivity index (χ2v) is 4.70. The van der Waals surface area contributed by atoms with E-state index < -0.39 is 12.0 Å². The van der Waals surface area contributed by atoms with Gasteiger partial charge >= 0.3 is 5.97 Å². The highest BCUT2D eigenvalue weighted by Crippen LogP contribution is 2.19. The molecule has 0 fully saturated rings. The molecule has 0 saturated carbocycles. The normalized spacial score (nSPS) is 12.3. The molecular weight excluding hydrogens is 252 g/mol. The van der Waals surface area contributed by atoms with Crippen LogP contribution in [0.25, 0.3) is 0 Å². The Labute approximate surface area is 118 Å². The number of pyridine rings is 1. The van der Waals surface area contributed by atoms with Gasteiger partial charge in [-0.15, -0.1) is 0 Å². The quantitative estimate of drug-likeness (QED) is 0.875. The molecule has 2 rings (SSSR count). The van der Waals surface area contributed by atoms with Crippen LogP contribution in [-0.4, -0.2) is 34.6 Å². The zero-order valence-electron chi connectivity index (χ0n) is 11.4. The van der Waals surface area contributed by atoms with Gasteiger partial charge in [-0.25, -0.2) is 0 Å². The summed E-state index contributed by atoms with van der Waals surface area (Å²) in [5, 5.41) is 9.44. The topological polar surface area (TPSA) is 53.4 Å². The summed E-state index contributed by atoms with van der Waals surface area (Å²) in [6, 6.07) is 14.4. The van der Waals surface area contributed by atoms with Gasteiger partial charge in [-0.1, -0.05) is 36.4 Å². The van der Waals surface area contributed by atoms with E-state index in [1.807, 2.05) is 60.5 Å². The van der Waals surface area contributed by atoms with Gasteiger partial charge in [0.25, 0.3) is 0 Å². The van der Waals surface area contributed by atoms with Gasteiger partial charge < -0.3 is 5.11 Å². The van der Waals surface area contributed by atoms with E-state index in [9.17, 15) is 9.90 Å². The Morgan fingerprint density at radius 2 is 1.90 bits per heavy atom. The molecule has 4 heteroatoms. The predicted molar refractivity (Wildman–Crippen MR) is 77.4 cm³/mol. The predicted octanol–water partition coefficient (Wildman–Crippen LogP) is 2.38. The molecule has 0 saturated heterocycles. The van der Waals surface area contributed by atoms with Crippen molar-refractivity contribution in [2.75, 3.05) is 13.6 Å². The number of carbonyl (C=O) groups is 1. The lowest BCUT2D eigenvalue weighted by molar-refractivity contribution is -0.143. The number of carboxylic acid groups (broad SMARTS) is 1. The lowest BCUT2D eigenvalue weighted by Crippen LogP contribution is -2.32. The number of aliphatic carboxylic acids is 1. The first-order chi connectivity index (χ1) is 9.68. The van der Waals surface area contributed by atoms with Gasteiger partial charge in [0, 0.05) is 24.9 Å². The van der Waals surface area contributed by atoms with Gasteiger partial charge in [0.15, 0.2) is 0 Å². The molecule has 1 N–H and O–H groups in total. The van der Waals surface area contributed by atoms with Crippen LogP contribution in [0.15, 0.2) is 54.7 Å². The first kappa shape index (κ1) is 14.2. The van der Waals surface area contributed by atoms with Gasteiger partial charge in [0.2, 0.25) is 0 Å². The van der Waals surface area contributed by atoms with Gasteiger partial charge in [-0.05, 0) is 24.7 Å². The minimum Gasteiger partial charge on any atom is -0.480 e. The lowest BCUT2D eigenvalue weighted by Gasteiger charge is -2.24. The van der Waals surface area contributed by atoms with Crippen molar-refractivity contribution < 1.29 is 9.90 Å². The maximum Gasteiger partial charge on any atom is 0.325 e. The molecule has 20 heavy (non-hydrogen) atoms.